The standard InChI is InChI=1S/C28H30N6O2S2/c1-4-15-34-25(22(16-19(2)3)29-26(36)21-13-9-6-10-14-21)32-33-28(34)38-18-24(35)31-27-30-23(17-37-27)20-11-7-5-8-12-20/h4-14,17,19,22H,1,15-16,18H2,2-3H3,(H,29,36)(H,30,31,35). The molecule has 0 fully saturated rings. The summed E-state index contributed by atoms with van der Waals surface area (Å²) in [4.78, 5) is 30.1. The number of hydrogen-bond acceptors (Lipinski definition) is 7. The normalized spacial score (nSPS) is 11.8. The number of amides is 2. The van der Waals surface area contributed by atoms with Gasteiger partial charge in [0.15, 0.2) is 16.1 Å². The molecule has 0 bridgehead atoms. The summed E-state index contributed by atoms with van der Waals surface area (Å²) in [5.41, 5.74) is 2.40. The van der Waals surface area contributed by atoms with E-state index in [1.165, 1.54) is 23.1 Å². The van der Waals surface area contributed by atoms with Gasteiger partial charge in [0.1, 0.15) is 0 Å². The number of benzene rings is 2. The third-order valence-corrected chi connectivity index (χ3v) is 7.29. The second kappa shape index (κ2) is 13.2. The molecule has 0 saturated carbocycles. The Labute approximate surface area is 230 Å². The molecule has 196 valence electrons. The number of anilines is 1. The van der Waals surface area contributed by atoms with Crippen LogP contribution in [0.3, 0.4) is 0 Å². The number of carbonyl (C=O) groups is 2. The molecule has 1 unspecified atom stereocenters. The van der Waals surface area contributed by atoms with Crippen molar-refractivity contribution < 1.29 is 9.59 Å². The summed E-state index contributed by atoms with van der Waals surface area (Å²) in [5.74, 6) is 0.732. The van der Waals surface area contributed by atoms with Crippen molar-refractivity contribution in [1.82, 2.24) is 25.1 Å². The van der Waals surface area contributed by atoms with Gasteiger partial charge in [-0.25, -0.2) is 4.98 Å². The van der Waals surface area contributed by atoms with Gasteiger partial charge in [0.05, 0.1) is 17.5 Å². The summed E-state index contributed by atoms with van der Waals surface area (Å²) < 4.78 is 1.90. The largest absolute Gasteiger partial charge is 0.342 e. The third-order valence-electron chi connectivity index (χ3n) is 5.57. The van der Waals surface area contributed by atoms with Gasteiger partial charge in [-0.05, 0) is 24.5 Å². The van der Waals surface area contributed by atoms with Gasteiger partial charge in [-0.1, -0.05) is 80.2 Å². The molecule has 4 rings (SSSR count). The van der Waals surface area contributed by atoms with Crippen LogP contribution in [-0.4, -0.2) is 37.3 Å². The molecule has 8 nitrogen and oxygen atoms in total. The highest BCUT2D eigenvalue weighted by Gasteiger charge is 2.25. The number of thioether (sulfide) groups is 1. The van der Waals surface area contributed by atoms with Crippen molar-refractivity contribution in [2.45, 2.75) is 38.0 Å². The number of nitrogens with one attached hydrogen (secondary N) is 2. The van der Waals surface area contributed by atoms with Crippen LogP contribution in [0.25, 0.3) is 11.3 Å². The van der Waals surface area contributed by atoms with Crippen molar-refractivity contribution in [3.63, 3.8) is 0 Å². The van der Waals surface area contributed by atoms with Crippen molar-refractivity contribution in [3.05, 3.63) is 90.1 Å². The number of rotatable bonds is 12. The van der Waals surface area contributed by atoms with Gasteiger partial charge in [0.25, 0.3) is 5.91 Å². The lowest BCUT2D eigenvalue weighted by atomic mass is 10.0. The molecule has 0 aliphatic carbocycles. The Morgan fingerprint density at radius 2 is 1.79 bits per heavy atom. The zero-order valence-electron chi connectivity index (χ0n) is 21.3. The second-order valence-electron chi connectivity index (χ2n) is 9.00. The molecule has 0 radical (unpaired) electrons. The van der Waals surface area contributed by atoms with Crippen molar-refractivity contribution in [2.24, 2.45) is 5.92 Å². The quantitative estimate of drug-likeness (QED) is 0.171. The summed E-state index contributed by atoms with van der Waals surface area (Å²) in [6.07, 6.45) is 2.44. The Kier molecular flexibility index (Phi) is 9.45. The molecule has 1 atom stereocenters. The minimum absolute atomic E-state index is 0.140. The number of carbonyl (C=O) groups excluding carboxylic acids is 2. The first-order valence-electron chi connectivity index (χ1n) is 12.3. The van der Waals surface area contributed by atoms with Crippen LogP contribution in [0.4, 0.5) is 5.13 Å². The molecule has 38 heavy (non-hydrogen) atoms. The molecule has 2 aromatic heterocycles. The van der Waals surface area contributed by atoms with Gasteiger partial charge < -0.3 is 15.2 Å². The molecule has 2 heterocycles. The van der Waals surface area contributed by atoms with Gasteiger partial charge in [-0.15, -0.1) is 28.1 Å². The Morgan fingerprint density at radius 1 is 1.08 bits per heavy atom. The van der Waals surface area contributed by atoms with E-state index >= 15 is 0 Å². The zero-order chi connectivity index (χ0) is 26.9. The van der Waals surface area contributed by atoms with Gasteiger partial charge >= 0.3 is 0 Å². The highest BCUT2D eigenvalue weighted by molar-refractivity contribution is 7.99. The molecule has 0 saturated heterocycles. The van der Waals surface area contributed by atoms with E-state index in [4.69, 9.17) is 0 Å². The van der Waals surface area contributed by atoms with Crippen LogP contribution in [0.5, 0.6) is 0 Å². The van der Waals surface area contributed by atoms with Gasteiger partial charge in [-0.3, -0.25) is 9.59 Å². The first kappa shape index (κ1) is 27.3. The van der Waals surface area contributed by atoms with E-state index < -0.39 is 0 Å². The maximum atomic E-state index is 12.9. The maximum absolute atomic E-state index is 12.9. The van der Waals surface area contributed by atoms with Crippen LogP contribution >= 0.6 is 23.1 Å². The average Bonchev–Trinajstić information content (AvgIpc) is 3.55. The second-order valence-corrected chi connectivity index (χ2v) is 10.8. The van der Waals surface area contributed by atoms with Gasteiger partial charge in [-0.2, -0.15) is 0 Å². The minimum Gasteiger partial charge on any atom is -0.342 e. The van der Waals surface area contributed by atoms with E-state index in [9.17, 15) is 9.59 Å². The van der Waals surface area contributed by atoms with Gasteiger partial charge in [0, 0.05) is 23.1 Å². The monoisotopic (exact) mass is 546 g/mol. The number of thiazole rings is 1. The molecule has 0 aliphatic rings. The number of hydrogen-bond donors (Lipinski definition) is 2. The lowest BCUT2D eigenvalue weighted by Crippen LogP contribution is -2.31. The Hall–Kier alpha value is -3.76. The molecule has 2 aromatic carbocycles. The molecule has 0 spiro atoms. The smallest absolute Gasteiger partial charge is 0.251 e. The predicted molar refractivity (Wildman–Crippen MR) is 153 cm³/mol. The van der Waals surface area contributed by atoms with E-state index in [0.29, 0.717) is 40.6 Å². The molecular weight excluding hydrogens is 516 g/mol. The lowest BCUT2D eigenvalue weighted by molar-refractivity contribution is -0.113. The molecule has 0 aliphatic heterocycles. The maximum Gasteiger partial charge on any atom is 0.251 e. The van der Waals surface area contributed by atoms with Crippen LogP contribution in [0.15, 0.2) is 83.9 Å². The summed E-state index contributed by atoms with van der Waals surface area (Å²) in [6, 6.07) is 18.6. The van der Waals surface area contributed by atoms with Crippen molar-refractivity contribution in [2.75, 3.05) is 11.1 Å². The molecule has 2 N–H and O–H groups in total. The van der Waals surface area contributed by atoms with E-state index in [0.717, 1.165) is 11.3 Å². The lowest BCUT2D eigenvalue weighted by Gasteiger charge is -2.21. The van der Waals surface area contributed by atoms with E-state index in [1.54, 1.807) is 18.2 Å². The number of nitrogens with zero attached hydrogens (tertiary/aromatic N) is 4. The Bertz CT molecular complexity index is 1370. The molecule has 4 aromatic rings. The highest BCUT2D eigenvalue weighted by Crippen LogP contribution is 2.27. The summed E-state index contributed by atoms with van der Waals surface area (Å²) in [5, 5.41) is 17.8. The SMILES string of the molecule is C=CCn1c(SCC(=O)Nc2nc(-c3ccccc3)cs2)nnc1C(CC(C)C)NC(=O)c1ccccc1. The fourth-order valence-corrected chi connectivity index (χ4v) is 5.35. The molecule has 2 amide bonds. The predicted octanol–water partition coefficient (Wildman–Crippen LogP) is 5.84. The van der Waals surface area contributed by atoms with E-state index in [1.807, 2.05) is 58.5 Å². The fourth-order valence-electron chi connectivity index (χ4n) is 3.85. The van der Waals surface area contributed by atoms with Crippen molar-refractivity contribution in [3.8, 4) is 11.3 Å². The van der Waals surface area contributed by atoms with Crippen molar-refractivity contribution >= 4 is 40.0 Å². The average molecular weight is 547 g/mol. The van der Waals surface area contributed by atoms with Crippen LogP contribution in [0, 0.1) is 5.92 Å². The first-order valence-corrected chi connectivity index (χ1v) is 14.1. The van der Waals surface area contributed by atoms with Crippen LogP contribution in [0.1, 0.15) is 42.5 Å². The number of aromatic nitrogens is 4. The first-order chi connectivity index (χ1) is 18.4. The summed E-state index contributed by atoms with van der Waals surface area (Å²) >= 11 is 2.67. The Balaban J connectivity index is 1.44. The molecular formula is C28H30N6O2S2. The summed E-state index contributed by atoms with van der Waals surface area (Å²) in [6.45, 7) is 8.51. The third kappa shape index (κ3) is 7.17. The molecule has 10 heteroatoms. The minimum atomic E-state index is -0.343. The van der Waals surface area contributed by atoms with E-state index in [2.05, 4.69) is 46.2 Å². The van der Waals surface area contributed by atoms with Crippen molar-refractivity contribution in [1.29, 1.82) is 0 Å². The van der Waals surface area contributed by atoms with Crippen LogP contribution in [0.2, 0.25) is 0 Å². The van der Waals surface area contributed by atoms with Crippen LogP contribution < -0.4 is 10.6 Å². The Morgan fingerprint density at radius 3 is 2.47 bits per heavy atom. The summed E-state index contributed by atoms with van der Waals surface area (Å²) in [7, 11) is 0. The van der Waals surface area contributed by atoms with Gasteiger partial charge in [0.2, 0.25) is 5.91 Å². The highest BCUT2D eigenvalue weighted by atomic mass is 32.2. The number of allylic oxidation sites excluding steroid dienone is 1. The fraction of sp³-hybridized carbons (Fsp3) is 0.250. The van der Waals surface area contributed by atoms with Crippen LogP contribution in [-0.2, 0) is 11.3 Å². The zero-order valence-corrected chi connectivity index (χ0v) is 23.0. The topological polar surface area (TPSA) is 102 Å². The van der Waals surface area contributed by atoms with E-state index in [-0.39, 0.29) is 23.6 Å².